The summed E-state index contributed by atoms with van der Waals surface area (Å²) in [5, 5.41) is 2.59. The minimum atomic E-state index is -0.463. The molecule has 1 saturated carbocycles. The van der Waals surface area contributed by atoms with Crippen LogP contribution in [0.1, 0.15) is 26.2 Å². The molecule has 1 aromatic rings. The highest BCUT2D eigenvalue weighted by Crippen LogP contribution is 2.27. The highest BCUT2D eigenvalue weighted by Gasteiger charge is 2.21. The number of nitrogens with zero attached hydrogens (tertiary/aromatic N) is 1. The molecule has 1 aliphatic rings. The van der Waals surface area contributed by atoms with Crippen molar-refractivity contribution in [1.29, 1.82) is 0 Å². The summed E-state index contributed by atoms with van der Waals surface area (Å²) in [5.74, 6) is 0.0529. The van der Waals surface area contributed by atoms with Crippen LogP contribution in [0, 0.1) is 11.7 Å². The van der Waals surface area contributed by atoms with Gasteiger partial charge in [-0.15, -0.1) is 0 Å². The van der Waals surface area contributed by atoms with E-state index in [1.807, 2.05) is 6.92 Å². The fourth-order valence-corrected chi connectivity index (χ4v) is 2.38. The molecule has 20 heavy (non-hydrogen) atoms. The molecule has 0 heterocycles. The van der Waals surface area contributed by atoms with Crippen LogP contribution in [0.2, 0.25) is 0 Å². The number of nitrogens with one attached hydrogen (secondary N) is 1. The van der Waals surface area contributed by atoms with E-state index in [4.69, 9.17) is 5.73 Å². The minimum absolute atomic E-state index is 0.148. The quantitative estimate of drug-likeness (QED) is 0.786. The highest BCUT2D eigenvalue weighted by atomic mass is 19.1. The molecule has 4 nitrogen and oxygen atoms in total. The first-order chi connectivity index (χ1) is 9.58. The summed E-state index contributed by atoms with van der Waals surface area (Å²) in [5.41, 5.74) is 6.18. The smallest absolute Gasteiger partial charge is 0.238 e. The average molecular weight is 279 g/mol. The molecule has 1 aliphatic carbocycles. The molecule has 5 heteroatoms. The Labute approximate surface area is 119 Å². The molecule has 3 N–H and O–H groups in total. The Hall–Kier alpha value is -1.62. The van der Waals surface area contributed by atoms with Crippen LogP contribution >= 0.6 is 0 Å². The molecule has 0 aliphatic heterocycles. The third-order valence-electron chi connectivity index (χ3n) is 3.82. The van der Waals surface area contributed by atoms with E-state index in [1.54, 1.807) is 0 Å². The maximum absolute atomic E-state index is 13.5. The lowest BCUT2D eigenvalue weighted by Crippen LogP contribution is -2.38. The number of nitrogen functional groups attached to an aromatic ring is 1. The molecule has 0 aromatic heterocycles. The van der Waals surface area contributed by atoms with Crippen molar-refractivity contribution in [3.05, 3.63) is 24.0 Å². The van der Waals surface area contributed by atoms with Crippen LogP contribution in [0.3, 0.4) is 0 Å². The van der Waals surface area contributed by atoms with Crippen LogP contribution in [0.15, 0.2) is 18.2 Å². The number of hydrogen-bond acceptors (Lipinski definition) is 3. The van der Waals surface area contributed by atoms with Crippen LogP contribution in [0.5, 0.6) is 0 Å². The van der Waals surface area contributed by atoms with Gasteiger partial charge in [-0.25, -0.2) is 4.39 Å². The maximum atomic E-state index is 13.5. The second-order valence-electron chi connectivity index (χ2n) is 5.41. The predicted octanol–water partition coefficient (Wildman–Crippen LogP) is 2.47. The Morgan fingerprint density at radius 1 is 1.50 bits per heavy atom. The largest absolute Gasteiger partial charge is 0.399 e. The van der Waals surface area contributed by atoms with Crippen molar-refractivity contribution in [2.45, 2.75) is 26.2 Å². The summed E-state index contributed by atoms with van der Waals surface area (Å²) < 4.78 is 13.5. The zero-order chi connectivity index (χ0) is 14.5. The van der Waals surface area contributed by atoms with Gasteiger partial charge in [-0.3, -0.25) is 9.69 Å². The van der Waals surface area contributed by atoms with E-state index in [0.717, 1.165) is 13.1 Å². The van der Waals surface area contributed by atoms with Gasteiger partial charge < -0.3 is 11.1 Å². The Bertz CT molecular complexity index is 474. The SMILES string of the molecule is CCN(CC(=O)Nc1cc(N)ccc1F)CC1CCC1. The van der Waals surface area contributed by atoms with Crippen molar-refractivity contribution in [2.24, 2.45) is 5.92 Å². The molecule has 0 bridgehead atoms. The molecule has 110 valence electrons. The van der Waals surface area contributed by atoms with Crippen molar-refractivity contribution in [3.8, 4) is 0 Å². The normalized spacial score (nSPS) is 15.2. The number of carbonyl (C=O) groups is 1. The topological polar surface area (TPSA) is 58.4 Å². The standard InChI is InChI=1S/C15H22FN3O/c1-2-19(9-11-4-3-5-11)10-15(20)18-14-8-12(17)6-7-13(14)16/h6-8,11H,2-5,9-10,17H2,1H3,(H,18,20). The molecule has 0 spiro atoms. The van der Waals surface area contributed by atoms with Gasteiger partial charge in [-0.2, -0.15) is 0 Å². The van der Waals surface area contributed by atoms with Gasteiger partial charge in [-0.1, -0.05) is 13.3 Å². The van der Waals surface area contributed by atoms with Gasteiger partial charge in [0, 0.05) is 12.2 Å². The van der Waals surface area contributed by atoms with Crippen molar-refractivity contribution >= 4 is 17.3 Å². The third-order valence-corrected chi connectivity index (χ3v) is 3.82. The van der Waals surface area contributed by atoms with Gasteiger partial charge in [0.05, 0.1) is 12.2 Å². The van der Waals surface area contributed by atoms with Crippen molar-refractivity contribution < 1.29 is 9.18 Å². The van der Waals surface area contributed by atoms with Crippen LogP contribution < -0.4 is 11.1 Å². The summed E-state index contributed by atoms with van der Waals surface area (Å²) in [4.78, 5) is 14.1. The highest BCUT2D eigenvalue weighted by molar-refractivity contribution is 5.92. The van der Waals surface area contributed by atoms with Crippen molar-refractivity contribution in [1.82, 2.24) is 4.90 Å². The van der Waals surface area contributed by atoms with E-state index in [2.05, 4.69) is 10.2 Å². The van der Waals surface area contributed by atoms with Gasteiger partial charge in [0.15, 0.2) is 0 Å². The summed E-state index contributed by atoms with van der Waals surface area (Å²) >= 11 is 0. The maximum Gasteiger partial charge on any atom is 0.238 e. The van der Waals surface area contributed by atoms with Gasteiger partial charge in [-0.05, 0) is 43.5 Å². The summed E-state index contributed by atoms with van der Waals surface area (Å²) in [6.45, 7) is 4.10. The van der Waals surface area contributed by atoms with Crippen molar-refractivity contribution in [3.63, 3.8) is 0 Å². The van der Waals surface area contributed by atoms with Gasteiger partial charge >= 0.3 is 0 Å². The lowest BCUT2D eigenvalue weighted by atomic mass is 9.85. The second kappa shape index (κ2) is 6.70. The van der Waals surface area contributed by atoms with Crippen LogP contribution in [-0.4, -0.2) is 30.4 Å². The summed E-state index contributed by atoms with van der Waals surface area (Å²) in [6, 6.07) is 4.17. The first-order valence-corrected chi connectivity index (χ1v) is 7.15. The van der Waals surface area contributed by atoms with Crippen molar-refractivity contribution in [2.75, 3.05) is 30.7 Å². The Morgan fingerprint density at radius 3 is 2.85 bits per heavy atom. The fourth-order valence-electron chi connectivity index (χ4n) is 2.38. The average Bonchev–Trinajstić information content (AvgIpc) is 2.36. The Morgan fingerprint density at radius 2 is 2.25 bits per heavy atom. The number of carbonyl (C=O) groups excluding carboxylic acids is 1. The number of hydrogen-bond donors (Lipinski definition) is 2. The molecule has 0 unspecified atom stereocenters. The van der Waals surface area contributed by atoms with Crippen LogP contribution in [0.25, 0.3) is 0 Å². The number of benzene rings is 1. The summed E-state index contributed by atoms with van der Waals surface area (Å²) in [6.07, 6.45) is 3.80. The molecule has 0 radical (unpaired) electrons. The Kier molecular flexibility index (Phi) is 4.95. The number of likely N-dealkylation sites (N-methyl/N-ethyl adjacent to an activating group) is 1. The van der Waals surface area contributed by atoms with E-state index in [0.29, 0.717) is 18.2 Å². The first-order valence-electron chi connectivity index (χ1n) is 7.15. The van der Waals surface area contributed by atoms with E-state index in [-0.39, 0.29) is 11.6 Å². The lowest BCUT2D eigenvalue weighted by molar-refractivity contribution is -0.117. The number of nitrogens with two attached hydrogens (primary N) is 1. The van der Waals surface area contributed by atoms with Gasteiger partial charge in [0.25, 0.3) is 0 Å². The minimum Gasteiger partial charge on any atom is -0.399 e. The molecule has 1 amide bonds. The third kappa shape index (κ3) is 3.93. The van der Waals surface area contributed by atoms with Crippen LogP contribution in [-0.2, 0) is 4.79 Å². The molecular formula is C15H22FN3O. The van der Waals surface area contributed by atoms with E-state index in [9.17, 15) is 9.18 Å². The zero-order valence-electron chi connectivity index (χ0n) is 11.9. The molecular weight excluding hydrogens is 257 g/mol. The van der Waals surface area contributed by atoms with E-state index >= 15 is 0 Å². The van der Waals surface area contributed by atoms with Crippen LogP contribution in [0.4, 0.5) is 15.8 Å². The lowest BCUT2D eigenvalue weighted by Gasteiger charge is -2.31. The number of amides is 1. The van der Waals surface area contributed by atoms with E-state index in [1.165, 1.54) is 37.5 Å². The fraction of sp³-hybridized carbons (Fsp3) is 0.533. The number of rotatable bonds is 6. The molecule has 0 saturated heterocycles. The second-order valence-corrected chi connectivity index (χ2v) is 5.41. The molecule has 2 rings (SSSR count). The first kappa shape index (κ1) is 14.8. The predicted molar refractivity (Wildman–Crippen MR) is 78.9 cm³/mol. The monoisotopic (exact) mass is 279 g/mol. The molecule has 1 fully saturated rings. The van der Waals surface area contributed by atoms with Gasteiger partial charge in [0.2, 0.25) is 5.91 Å². The zero-order valence-corrected chi connectivity index (χ0v) is 11.9. The summed E-state index contributed by atoms with van der Waals surface area (Å²) in [7, 11) is 0. The Balaban J connectivity index is 1.88. The number of anilines is 2. The van der Waals surface area contributed by atoms with E-state index < -0.39 is 5.82 Å². The number of halogens is 1. The van der Waals surface area contributed by atoms with Gasteiger partial charge in [0.1, 0.15) is 5.82 Å². The molecule has 1 aromatic carbocycles. The molecule has 0 atom stereocenters.